The molecule has 0 saturated carbocycles. The quantitative estimate of drug-likeness (QED) is 0.697. The fourth-order valence-corrected chi connectivity index (χ4v) is 2.94. The molecule has 0 atom stereocenters. The Bertz CT molecular complexity index is 1120. The molecule has 0 aliphatic rings. The minimum Gasteiger partial charge on any atom is -0.379 e. The molecule has 2 aromatic carbocycles. The van der Waals surface area contributed by atoms with Crippen LogP contribution in [0, 0.1) is 5.82 Å². The Hall–Kier alpha value is -2.94. The Balaban J connectivity index is 2.08. The van der Waals surface area contributed by atoms with E-state index in [4.69, 9.17) is 4.18 Å². The lowest BCUT2D eigenvalue weighted by molar-refractivity contribution is 0.483. The molecule has 9 heteroatoms. The molecule has 1 heterocycles. The lowest BCUT2D eigenvalue weighted by Gasteiger charge is -2.07. The van der Waals surface area contributed by atoms with Crippen molar-refractivity contribution in [1.82, 2.24) is 9.97 Å². The SMILES string of the molecule is O=c1[nH]c(=O)c2cc(S(=O)(=O)Oc3cccc(F)c3)ccc2[nH]1. The van der Waals surface area contributed by atoms with E-state index < -0.39 is 27.2 Å². The minimum absolute atomic E-state index is 0.0199. The number of aromatic amines is 2. The van der Waals surface area contributed by atoms with Gasteiger partial charge in [0.25, 0.3) is 5.56 Å². The van der Waals surface area contributed by atoms with Crippen molar-refractivity contribution in [2.45, 2.75) is 4.90 Å². The number of H-pyrrole nitrogens is 2. The summed E-state index contributed by atoms with van der Waals surface area (Å²) in [6.07, 6.45) is 0. The zero-order chi connectivity index (χ0) is 16.6. The van der Waals surface area contributed by atoms with Gasteiger partial charge in [-0.25, -0.2) is 9.18 Å². The predicted octanol–water partition coefficient (Wildman–Crippen LogP) is 1.12. The molecule has 0 radical (unpaired) electrons. The smallest absolute Gasteiger partial charge is 0.339 e. The van der Waals surface area contributed by atoms with E-state index in [0.29, 0.717) is 0 Å². The van der Waals surface area contributed by atoms with E-state index in [1.807, 2.05) is 4.98 Å². The molecular weight excluding hydrogens is 327 g/mol. The molecule has 0 amide bonds. The second-order valence-corrected chi connectivity index (χ2v) is 6.16. The fourth-order valence-electron chi connectivity index (χ4n) is 1.99. The normalized spacial score (nSPS) is 11.5. The van der Waals surface area contributed by atoms with E-state index in [-0.39, 0.29) is 21.5 Å². The van der Waals surface area contributed by atoms with Crippen LogP contribution in [-0.4, -0.2) is 18.4 Å². The maximum Gasteiger partial charge on any atom is 0.339 e. The van der Waals surface area contributed by atoms with Crippen molar-refractivity contribution in [2.24, 2.45) is 0 Å². The zero-order valence-corrected chi connectivity index (χ0v) is 12.2. The maximum atomic E-state index is 13.1. The summed E-state index contributed by atoms with van der Waals surface area (Å²) in [7, 11) is -4.26. The van der Waals surface area contributed by atoms with Crippen LogP contribution in [0.5, 0.6) is 5.75 Å². The first-order valence-electron chi connectivity index (χ1n) is 6.31. The van der Waals surface area contributed by atoms with Gasteiger partial charge in [0.15, 0.2) is 0 Å². The van der Waals surface area contributed by atoms with Crippen molar-refractivity contribution in [2.75, 3.05) is 0 Å². The van der Waals surface area contributed by atoms with Gasteiger partial charge in [0.2, 0.25) is 0 Å². The van der Waals surface area contributed by atoms with Gasteiger partial charge >= 0.3 is 15.8 Å². The summed E-state index contributed by atoms with van der Waals surface area (Å²) in [5, 5.41) is -0.0199. The van der Waals surface area contributed by atoms with Crippen molar-refractivity contribution >= 4 is 21.0 Å². The first-order chi connectivity index (χ1) is 10.8. The summed E-state index contributed by atoms with van der Waals surface area (Å²) >= 11 is 0. The van der Waals surface area contributed by atoms with Gasteiger partial charge in [-0.2, -0.15) is 8.42 Å². The van der Waals surface area contributed by atoms with Crippen LogP contribution < -0.4 is 15.4 Å². The van der Waals surface area contributed by atoms with Gasteiger partial charge in [0, 0.05) is 6.07 Å². The minimum atomic E-state index is -4.26. The number of halogens is 1. The molecule has 0 aliphatic heterocycles. The molecule has 0 aliphatic carbocycles. The van der Waals surface area contributed by atoms with Gasteiger partial charge in [0.05, 0.1) is 10.9 Å². The topological polar surface area (TPSA) is 109 Å². The molecule has 23 heavy (non-hydrogen) atoms. The number of nitrogens with one attached hydrogen (secondary N) is 2. The number of rotatable bonds is 3. The van der Waals surface area contributed by atoms with E-state index in [1.54, 1.807) is 0 Å². The van der Waals surface area contributed by atoms with Crippen LogP contribution in [0.1, 0.15) is 0 Å². The van der Waals surface area contributed by atoms with Crippen molar-refractivity contribution in [3.8, 4) is 5.75 Å². The van der Waals surface area contributed by atoms with E-state index in [9.17, 15) is 22.4 Å². The summed E-state index contributed by atoms with van der Waals surface area (Å²) in [6, 6.07) is 8.16. The summed E-state index contributed by atoms with van der Waals surface area (Å²) in [5.41, 5.74) is -1.25. The standard InChI is InChI=1S/C14H9FN2O5S/c15-8-2-1-3-9(6-8)22-23(20,21)10-4-5-12-11(7-10)13(18)17-14(19)16-12/h1-7H,(H2,16,17,18,19). The van der Waals surface area contributed by atoms with Gasteiger partial charge in [-0.05, 0) is 30.3 Å². The van der Waals surface area contributed by atoms with Crippen molar-refractivity contribution < 1.29 is 17.0 Å². The van der Waals surface area contributed by atoms with Crippen LogP contribution in [0.2, 0.25) is 0 Å². The number of aromatic nitrogens is 2. The fraction of sp³-hybridized carbons (Fsp3) is 0. The molecule has 0 fully saturated rings. The molecule has 0 unspecified atom stereocenters. The van der Waals surface area contributed by atoms with E-state index in [0.717, 1.165) is 18.2 Å². The molecular formula is C14H9FN2O5S. The largest absolute Gasteiger partial charge is 0.379 e. The highest BCUT2D eigenvalue weighted by Crippen LogP contribution is 2.21. The third-order valence-electron chi connectivity index (χ3n) is 3.00. The molecule has 0 saturated heterocycles. The van der Waals surface area contributed by atoms with Gasteiger partial charge < -0.3 is 9.17 Å². The second kappa shape index (κ2) is 5.36. The molecule has 7 nitrogen and oxygen atoms in total. The Morgan fingerprint density at radius 2 is 1.78 bits per heavy atom. The first-order valence-corrected chi connectivity index (χ1v) is 7.72. The summed E-state index contributed by atoms with van der Waals surface area (Å²) in [4.78, 5) is 27.0. The Morgan fingerprint density at radius 1 is 1.00 bits per heavy atom. The number of hydrogen-bond acceptors (Lipinski definition) is 5. The van der Waals surface area contributed by atoms with Gasteiger partial charge in [-0.3, -0.25) is 9.78 Å². The predicted molar refractivity (Wildman–Crippen MR) is 79.4 cm³/mol. The van der Waals surface area contributed by atoms with Gasteiger partial charge in [0.1, 0.15) is 16.5 Å². The first kappa shape index (κ1) is 15.0. The van der Waals surface area contributed by atoms with Crippen molar-refractivity contribution in [3.63, 3.8) is 0 Å². The molecule has 2 N–H and O–H groups in total. The van der Waals surface area contributed by atoms with Crippen LogP contribution in [0.15, 0.2) is 56.9 Å². The maximum absolute atomic E-state index is 13.1. The van der Waals surface area contributed by atoms with Crippen LogP contribution in [-0.2, 0) is 10.1 Å². The van der Waals surface area contributed by atoms with E-state index in [1.165, 1.54) is 24.3 Å². The number of fused-ring (bicyclic) bond motifs is 1. The molecule has 118 valence electrons. The highest BCUT2D eigenvalue weighted by atomic mass is 32.2. The Kier molecular flexibility index (Phi) is 3.49. The molecule has 0 bridgehead atoms. The summed E-state index contributed by atoms with van der Waals surface area (Å²) in [6.45, 7) is 0. The average molecular weight is 336 g/mol. The zero-order valence-electron chi connectivity index (χ0n) is 11.4. The van der Waals surface area contributed by atoms with Crippen LogP contribution in [0.3, 0.4) is 0 Å². The third kappa shape index (κ3) is 2.99. The lowest BCUT2D eigenvalue weighted by Crippen LogP contribution is -2.22. The average Bonchev–Trinajstić information content (AvgIpc) is 2.46. The van der Waals surface area contributed by atoms with Crippen molar-refractivity contribution in [1.29, 1.82) is 0 Å². The van der Waals surface area contributed by atoms with Gasteiger partial charge in [-0.15, -0.1) is 0 Å². The lowest BCUT2D eigenvalue weighted by atomic mass is 10.2. The highest BCUT2D eigenvalue weighted by molar-refractivity contribution is 7.87. The Morgan fingerprint density at radius 3 is 2.52 bits per heavy atom. The second-order valence-electron chi connectivity index (χ2n) is 4.61. The number of hydrogen-bond donors (Lipinski definition) is 2. The Labute approximate surface area is 128 Å². The van der Waals surface area contributed by atoms with Gasteiger partial charge in [-0.1, -0.05) is 6.07 Å². The van der Waals surface area contributed by atoms with Crippen LogP contribution in [0.25, 0.3) is 10.9 Å². The van der Waals surface area contributed by atoms with E-state index >= 15 is 0 Å². The summed E-state index contributed by atoms with van der Waals surface area (Å²) in [5.74, 6) is -0.842. The van der Waals surface area contributed by atoms with Crippen molar-refractivity contribution in [3.05, 3.63) is 69.1 Å². The molecule has 3 rings (SSSR count). The van der Waals surface area contributed by atoms with E-state index in [2.05, 4.69) is 4.98 Å². The number of benzene rings is 2. The monoisotopic (exact) mass is 336 g/mol. The van der Waals surface area contributed by atoms with Crippen LogP contribution >= 0.6 is 0 Å². The molecule has 1 aromatic heterocycles. The third-order valence-corrected chi connectivity index (χ3v) is 4.24. The molecule has 3 aromatic rings. The summed E-state index contributed by atoms with van der Waals surface area (Å²) < 4.78 is 42.3. The van der Waals surface area contributed by atoms with Crippen LogP contribution in [0.4, 0.5) is 4.39 Å². The highest BCUT2D eigenvalue weighted by Gasteiger charge is 2.18. The molecule has 0 spiro atoms.